The standard InChI is InChI=1S/C24H43N3O4/c1-10-31-23(30)17(4)15-19(16(2)3)27(9)22(29)20(24(5,6)7)25-21(28)18-13-11-12-14-26(18)8/h15-16,18-20H,10-14H2,1-9H3,(H,25,28)/b17-15+/t18-,19?,20-/m0/s1. The van der Waals surface area contributed by atoms with E-state index in [1.54, 1.807) is 31.9 Å². The lowest BCUT2D eigenvalue weighted by molar-refractivity contribution is -0.141. The fourth-order valence-electron chi connectivity index (χ4n) is 3.96. The molecule has 0 radical (unpaired) electrons. The minimum atomic E-state index is -0.669. The summed E-state index contributed by atoms with van der Waals surface area (Å²) < 4.78 is 5.08. The van der Waals surface area contributed by atoms with Crippen LogP contribution in [0.15, 0.2) is 11.6 Å². The Morgan fingerprint density at radius 1 is 1.23 bits per heavy atom. The summed E-state index contributed by atoms with van der Waals surface area (Å²) in [7, 11) is 3.70. The van der Waals surface area contributed by atoms with Crippen molar-refractivity contribution in [1.82, 2.24) is 15.1 Å². The predicted molar refractivity (Wildman–Crippen MR) is 123 cm³/mol. The third-order valence-electron chi connectivity index (χ3n) is 5.97. The maximum atomic E-state index is 13.6. The highest BCUT2D eigenvalue weighted by atomic mass is 16.5. The molecular formula is C24H43N3O4. The zero-order valence-corrected chi connectivity index (χ0v) is 20.9. The molecule has 2 amide bonds. The Balaban J connectivity index is 3.10. The molecule has 31 heavy (non-hydrogen) atoms. The zero-order valence-electron chi connectivity index (χ0n) is 20.9. The van der Waals surface area contributed by atoms with Gasteiger partial charge in [0.05, 0.1) is 18.7 Å². The molecule has 1 aliphatic rings. The van der Waals surface area contributed by atoms with Crippen molar-refractivity contribution in [3.8, 4) is 0 Å². The normalized spacial score (nSPS) is 20.2. The largest absolute Gasteiger partial charge is 0.463 e. The Morgan fingerprint density at radius 2 is 1.84 bits per heavy atom. The van der Waals surface area contributed by atoms with Crippen molar-refractivity contribution < 1.29 is 19.1 Å². The molecule has 0 aromatic rings. The number of piperidine rings is 1. The van der Waals surface area contributed by atoms with Gasteiger partial charge in [-0.1, -0.05) is 47.1 Å². The van der Waals surface area contributed by atoms with Crippen LogP contribution >= 0.6 is 0 Å². The van der Waals surface area contributed by atoms with Crippen LogP contribution in [0.4, 0.5) is 0 Å². The molecule has 178 valence electrons. The van der Waals surface area contributed by atoms with Crippen LogP contribution in [0, 0.1) is 11.3 Å². The van der Waals surface area contributed by atoms with Crippen LogP contribution in [0.1, 0.15) is 67.7 Å². The third-order valence-corrected chi connectivity index (χ3v) is 5.97. The molecule has 0 aliphatic carbocycles. The van der Waals surface area contributed by atoms with Crippen LogP contribution in [0.25, 0.3) is 0 Å². The molecule has 3 atom stereocenters. The fraction of sp³-hybridized carbons (Fsp3) is 0.792. The van der Waals surface area contributed by atoms with E-state index in [2.05, 4.69) is 10.2 Å². The monoisotopic (exact) mass is 437 g/mol. The highest BCUT2D eigenvalue weighted by Crippen LogP contribution is 2.25. The highest BCUT2D eigenvalue weighted by molar-refractivity contribution is 5.91. The molecule has 1 fully saturated rings. The molecule has 1 aliphatic heterocycles. The van der Waals surface area contributed by atoms with Crippen molar-refractivity contribution in [1.29, 1.82) is 0 Å². The second-order valence-electron chi connectivity index (χ2n) is 10.1. The molecule has 0 saturated carbocycles. The van der Waals surface area contributed by atoms with Crippen LogP contribution < -0.4 is 5.32 Å². The van der Waals surface area contributed by atoms with E-state index in [-0.39, 0.29) is 35.8 Å². The summed E-state index contributed by atoms with van der Waals surface area (Å²) in [6.07, 6.45) is 4.70. The Hall–Kier alpha value is -1.89. The molecule has 7 nitrogen and oxygen atoms in total. The van der Waals surface area contributed by atoms with E-state index in [0.717, 1.165) is 25.8 Å². The number of likely N-dealkylation sites (tertiary alicyclic amines) is 1. The number of amides is 2. The van der Waals surface area contributed by atoms with Gasteiger partial charge in [0.1, 0.15) is 6.04 Å². The topological polar surface area (TPSA) is 79.0 Å². The maximum absolute atomic E-state index is 13.6. The number of carbonyl (C=O) groups excluding carboxylic acids is 3. The van der Waals surface area contributed by atoms with E-state index in [1.165, 1.54) is 0 Å². The van der Waals surface area contributed by atoms with E-state index in [1.807, 2.05) is 41.7 Å². The summed E-state index contributed by atoms with van der Waals surface area (Å²) in [4.78, 5) is 42.4. The summed E-state index contributed by atoms with van der Waals surface area (Å²) >= 11 is 0. The van der Waals surface area contributed by atoms with Gasteiger partial charge in [-0.05, 0) is 51.6 Å². The molecule has 0 aromatic carbocycles. The molecule has 1 saturated heterocycles. The van der Waals surface area contributed by atoms with E-state index in [4.69, 9.17) is 4.74 Å². The molecule has 0 aromatic heterocycles. The van der Waals surface area contributed by atoms with Gasteiger partial charge in [0, 0.05) is 12.6 Å². The highest BCUT2D eigenvalue weighted by Gasteiger charge is 2.39. The van der Waals surface area contributed by atoms with Crippen molar-refractivity contribution in [3.63, 3.8) is 0 Å². The molecular weight excluding hydrogens is 394 g/mol. The molecule has 1 N–H and O–H groups in total. The lowest BCUT2D eigenvalue weighted by Crippen LogP contribution is -2.59. The number of hydrogen-bond donors (Lipinski definition) is 1. The molecule has 1 unspecified atom stereocenters. The summed E-state index contributed by atoms with van der Waals surface area (Å²) in [5.41, 5.74) is 0.00994. The van der Waals surface area contributed by atoms with E-state index >= 15 is 0 Å². The molecule has 1 rings (SSSR count). The number of nitrogens with one attached hydrogen (secondary N) is 1. The van der Waals surface area contributed by atoms with E-state index in [0.29, 0.717) is 12.2 Å². The molecule has 0 bridgehead atoms. The number of likely N-dealkylation sites (N-methyl/N-ethyl adjacent to an activating group) is 2. The number of hydrogen-bond acceptors (Lipinski definition) is 5. The second-order valence-corrected chi connectivity index (χ2v) is 10.1. The maximum Gasteiger partial charge on any atom is 0.333 e. The Morgan fingerprint density at radius 3 is 2.32 bits per heavy atom. The Bertz CT molecular complexity index is 666. The summed E-state index contributed by atoms with van der Waals surface area (Å²) in [6, 6.07) is -1.17. The fourth-order valence-corrected chi connectivity index (χ4v) is 3.96. The average molecular weight is 438 g/mol. The van der Waals surface area contributed by atoms with Gasteiger partial charge in [0.25, 0.3) is 0 Å². The van der Waals surface area contributed by atoms with Crippen molar-refractivity contribution >= 4 is 17.8 Å². The first-order chi connectivity index (χ1) is 14.3. The van der Waals surface area contributed by atoms with Gasteiger partial charge in [-0.2, -0.15) is 0 Å². The number of rotatable bonds is 8. The van der Waals surface area contributed by atoms with E-state index in [9.17, 15) is 14.4 Å². The van der Waals surface area contributed by atoms with Gasteiger partial charge in [0.2, 0.25) is 11.8 Å². The van der Waals surface area contributed by atoms with Crippen molar-refractivity contribution in [2.75, 3.05) is 27.2 Å². The van der Waals surface area contributed by atoms with Gasteiger partial charge in [0.15, 0.2) is 0 Å². The number of esters is 1. The van der Waals surface area contributed by atoms with Crippen molar-refractivity contribution in [2.45, 2.75) is 85.9 Å². The Kier molecular flexibility index (Phi) is 10.2. The van der Waals surface area contributed by atoms with Crippen LogP contribution in [0.5, 0.6) is 0 Å². The smallest absolute Gasteiger partial charge is 0.333 e. The van der Waals surface area contributed by atoms with Crippen LogP contribution in [0.3, 0.4) is 0 Å². The quantitative estimate of drug-likeness (QED) is 0.466. The van der Waals surface area contributed by atoms with Gasteiger partial charge < -0.3 is 15.0 Å². The van der Waals surface area contributed by atoms with Gasteiger partial charge in [-0.3, -0.25) is 14.5 Å². The first-order valence-electron chi connectivity index (χ1n) is 11.4. The van der Waals surface area contributed by atoms with Crippen molar-refractivity contribution in [3.05, 3.63) is 11.6 Å². The summed E-state index contributed by atoms with van der Waals surface area (Å²) in [5.74, 6) is -0.553. The molecule has 0 spiro atoms. The van der Waals surface area contributed by atoms with E-state index < -0.39 is 11.5 Å². The van der Waals surface area contributed by atoms with Crippen LogP contribution in [-0.2, 0) is 19.1 Å². The third kappa shape index (κ3) is 7.63. The molecule has 1 heterocycles. The second kappa shape index (κ2) is 11.7. The van der Waals surface area contributed by atoms with Crippen LogP contribution in [0.2, 0.25) is 0 Å². The minimum absolute atomic E-state index is 0.0825. The lowest BCUT2D eigenvalue weighted by Gasteiger charge is -2.39. The average Bonchev–Trinajstić information content (AvgIpc) is 2.68. The van der Waals surface area contributed by atoms with Gasteiger partial charge >= 0.3 is 5.97 Å². The van der Waals surface area contributed by atoms with Gasteiger partial charge in [-0.25, -0.2) is 4.79 Å². The van der Waals surface area contributed by atoms with Gasteiger partial charge in [-0.15, -0.1) is 0 Å². The molecule has 7 heteroatoms. The SMILES string of the molecule is CCOC(=O)/C(C)=C/C(C(C)C)N(C)C(=O)[C@H](NC(=O)[C@@H]1CCCCN1C)C(C)(C)C. The Labute approximate surface area is 188 Å². The first-order valence-corrected chi connectivity index (χ1v) is 11.4. The van der Waals surface area contributed by atoms with Crippen LogP contribution in [-0.4, -0.2) is 73.0 Å². The zero-order chi connectivity index (χ0) is 23.9. The minimum Gasteiger partial charge on any atom is -0.463 e. The number of carbonyl (C=O) groups is 3. The first kappa shape index (κ1) is 27.1. The number of ether oxygens (including phenoxy) is 1. The van der Waals surface area contributed by atoms with Crippen molar-refractivity contribution in [2.24, 2.45) is 11.3 Å². The number of nitrogens with zero attached hydrogens (tertiary/aromatic N) is 2. The summed E-state index contributed by atoms with van der Waals surface area (Å²) in [6.45, 7) is 14.5. The summed E-state index contributed by atoms with van der Waals surface area (Å²) in [5, 5.41) is 3.04. The lowest BCUT2D eigenvalue weighted by atomic mass is 9.84. The predicted octanol–water partition coefficient (Wildman–Crippen LogP) is 2.99.